The molecule has 0 aromatic heterocycles. The fourth-order valence-electron chi connectivity index (χ4n) is 3.31. The van der Waals surface area contributed by atoms with Crippen molar-refractivity contribution in [3.05, 3.63) is 30.3 Å². The van der Waals surface area contributed by atoms with Crippen LogP contribution in [-0.4, -0.2) is 47.5 Å². The summed E-state index contributed by atoms with van der Waals surface area (Å²) in [6.07, 6.45) is 1.96. The number of benzene rings is 1. The zero-order valence-electron chi connectivity index (χ0n) is 16.0. The molecule has 0 bridgehead atoms. The molecular formula is C20H29N3O4. The molecule has 0 radical (unpaired) electrons. The second-order valence-corrected chi connectivity index (χ2v) is 7.49. The smallest absolute Gasteiger partial charge is 0.321 e. The Labute approximate surface area is 160 Å². The van der Waals surface area contributed by atoms with Crippen molar-refractivity contribution in [2.24, 2.45) is 17.8 Å². The summed E-state index contributed by atoms with van der Waals surface area (Å²) in [7, 11) is 0. The summed E-state index contributed by atoms with van der Waals surface area (Å²) < 4.78 is 0. The van der Waals surface area contributed by atoms with Gasteiger partial charge in [-0.2, -0.15) is 0 Å². The summed E-state index contributed by atoms with van der Waals surface area (Å²) in [5.74, 6) is -1.72. The van der Waals surface area contributed by atoms with Crippen LogP contribution in [0.15, 0.2) is 30.3 Å². The van der Waals surface area contributed by atoms with Crippen molar-refractivity contribution >= 4 is 23.6 Å². The molecule has 1 heterocycles. The highest BCUT2D eigenvalue weighted by Crippen LogP contribution is 2.19. The van der Waals surface area contributed by atoms with Gasteiger partial charge in [-0.15, -0.1) is 0 Å². The normalized spacial score (nSPS) is 18.0. The first kappa shape index (κ1) is 20.7. The topological polar surface area (TPSA) is 98.7 Å². The number of amides is 3. The monoisotopic (exact) mass is 375 g/mol. The molecule has 1 aliphatic rings. The van der Waals surface area contributed by atoms with E-state index in [0.717, 1.165) is 6.42 Å². The van der Waals surface area contributed by atoms with Gasteiger partial charge in [0.1, 0.15) is 0 Å². The number of rotatable bonds is 7. The van der Waals surface area contributed by atoms with Crippen LogP contribution in [-0.2, 0) is 9.59 Å². The summed E-state index contributed by atoms with van der Waals surface area (Å²) in [5, 5.41) is 14.9. The van der Waals surface area contributed by atoms with E-state index in [1.807, 2.05) is 44.2 Å². The van der Waals surface area contributed by atoms with Gasteiger partial charge in [-0.05, 0) is 37.3 Å². The Balaban J connectivity index is 1.86. The molecule has 1 aromatic carbocycles. The Bertz CT molecular complexity index is 648. The van der Waals surface area contributed by atoms with Gasteiger partial charge in [-0.25, -0.2) is 4.79 Å². The number of carboxylic acid groups (broad SMARTS) is 1. The van der Waals surface area contributed by atoms with Crippen LogP contribution in [0.1, 0.15) is 33.1 Å². The molecular weight excluding hydrogens is 346 g/mol. The van der Waals surface area contributed by atoms with E-state index in [-0.39, 0.29) is 30.3 Å². The second-order valence-electron chi connectivity index (χ2n) is 7.49. The first-order valence-corrected chi connectivity index (χ1v) is 9.48. The lowest BCUT2D eigenvalue weighted by atomic mass is 9.95. The number of likely N-dealkylation sites (tertiary alicyclic amines) is 1. The highest BCUT2D eigenvalue weighted by Gasteiger charge is 2.29. The quantitative estimate of drug-likeness (QED) is 0.682. The van der Waals surface area contributed by atoms with Crippen LogP contribution >= 0.6 is 0 Å². The van der Waals surface area contributed by atoms with Crippen molar-refractivity contribution in [3.8, 4) is 0 Å². The van der Waals surface area contributed by atoms with Gasteiger partial charge < -0.3 is 20.6 Å². The molecule has 1 fully saturated rings. The Morgan fingerprint density at radius 1 is 1.22 bits per heavy atom. The number of aliphatic carboxylic acids is 1. The number of hydrogen-bond donors (Lipinski definition) is 3. The summed E-state index contributed by atoms with van der Waals surface area (Å²) >= 11 is 0. The van der Waals surface area contributed by atoms with Gasteiger partial charge >= 0.3 is 12.0 Å². The first-order chi connectivity index (χ1) is 12.9. The predicted octanol–water partition coefficient (Wildman–Crippen LogP) is 2.79. The fraction of sp³-hybridized carbons (Fsp3) is 0.550. The zero-order chi connectivity index (χ0) is 19.8. The Morgan fingerprint density at radius 2 is 1.93 bits per heavy atom. The molecule has 7 nitrogen and oxygen atoms in total. The van der Waals surface area contributed by atoms with Crippen LogP contribution in [0.4, 0.5) is 10.5 Å². The van der Waals surface area contributed by atoms with Crippen molar-refractivity contribution in [1.29, 1.82) is 0 Å². The molecule has 27 heavy (non-hydrogen) atoms. The lowest BCUT2D eigenvalue weighted by molar-refractivity contribution is -0.142. The lowest BCUT2D eigenvalue weighted by Gasteiger charge is -2.32. The second kappa shape index (κ2) is 9.94. The average molecular weight is 375 g/mol. The van der Waals surface area contributed by atoms with E-state index in [9.17, 15) is 19.5 Å². The predicted molar refractivity (Wildman–Crippen MR) is 103 cm³/mol. The Kier molecular flexibility index (Phi) is 7.64. The van der Waals surface area contributed by atoms with Crippen LogP contribution in [0, 0.1) is 17.8 Å². The third kappa shape index (κ3) is 6.58. The SMILES string of the molecule is CC(C)CC(CNC(=O)C1CCCN(C(=O)Nc2ccccc2)C1)C(=O)O. The number of para-hydroxylation sites is 1. The van der Waals surface area contributed by atoms with Crippen molar-refractivity contribution in [2.75, 3.05) is 25.0 Å². The van der Waals surface area contributed by atoms with Gasteiger partial charge in [0.2, 0.25) is 5.91 Å². The number of nitrogens with one attached hydrogen (secondary N) is 2. The lowest BCUT2D eigenvalue weighted by Crippen LogP contribution is -2.47. The molecule has 0 spiro atoms. The summed E-state index contributed by atoms with van der Waals surface area (Å²) in [6, 6.07) is 8.97. The van der Waals surface area contributed by atoms with Gasteiger partial charge in [0.15, 0.2) is 0 Å². The van der Waals surface area contributed by atoms with Crippen molar-refractivity contribution < 1.29 is 19.5 Å². The Hall–Kier alpha value is -2.57. The van der Waals surface area contributed by atoms with E-state index in [2.05, 4.69) is 10.6 Å². The van der Waals surface area contributed by atoms with Crippen LogP contribution < -0.4 is 10.6 Å². The van der Waals surface area contributed by atoms with Crippen molar-refractivity contribution in [2.45, 2.75) is 33.1 Å². The first-order valence-electron chi connectivity index (χ1n) is 9.48. The summed E-state index contributed by atoms with van der Waals surface area (Å²) in [6.45, 7) is 4.99. The molecule has 2 rings (SSSR count). The van der Waals surface area contributed by atoms with Crippen molar-refractivity contribution in [3.63, 3.8) is 0 Å². The fourth-order valence-corrected chi connectivity index (χ4v) is 3.31. The third-order valence-corrected chi connectivity index (χ3v) is 4.73. The number of carbonyl (C=O) groups excluding carboxylic acids is 2. The highest BCUT2D eigenvalue weighted by molar-refractivity contribution is 5.90. The maximum atomic E-state index is 12.5. The largest absolute Gasteiger partial charge is 0.481 e. The van der Waals surface area contributed by atoms with Crippen LogP contribution in [0.3, 0.4) is 0 Å². The van der Waals surface area contributed by atoms with Crippen LogP contribution in [0.2, 0.25) is 0 Å². The molecule has 3 amide bonds. The highest BCUT2D eigenvalue weighted by atomic mass is 16.4. The third-order valence-electron chi connectivity index (χ3n) is 4.73. The minimum atomic E-state index is -0.892. The molecule has 148 valence electrons. The number of carboxylic acids is 1. The van der Waals surface area contributed by atoms with E-state index in [1.54, 1.807) is 4.90 Å². The molecule has 7 heteroatoms. The molecule has 0 saturated carbocycles. The Morgan fingerprint density at radius 3 is 2.56 bits per heavy atom. The number of anilines is 1. The van der Waals surface area contributed by atoms with Crippen LogP contribution in [0.25, 0.3) is 0 Å². The van der Waals surface area contributed by atoms with Gasteiger partial charge in [-0.3, -0.25) is 9.59 Å². The minimum absolute atomic E-state index is 0.124. The summed E-state index contributed by atoms with van der Waals surface area (Å²) in [4.78, 5) is 37.9. The van der Waals surface area contributed by atoms with E-state index in [0.29, 0.717) is 31.6 Å². The minimum Gasteiger partial charge on any atom is -0.481 e. The maximum Gasteiger partial charge on any atom is 0.321 e. The number of carbonyl (C=O) groups is 3. The maximum absolute atomic E-state index is 12.5. The van der Waals surface area contributed by atoms with E-state index < -0.39 is 11.9 Å². The van der Waals surface area contributed by atoms with E-state index in [1.165, 1.54) is 0 Å². The zero-order valence-corrected chi connectivity index (χ0v) is 16.0. The van der Waals surface area contributed by atoms with Crippen LogP contribution in [0.5, 0.6) is 0 Å². The molecule has 1 saturated heterocycles. The molecule has 1 aromatic rings. The van der Waals surface area contributed by atoms with E-state index in [4.69, 9.17) is 0 Å². The standard InChI is InChI=1S/C20H29N3O4/c1-14(2)11-16(19(25)26)12-21-18(24)15-7-6-10-23(13-15)20(27)22-17-8-4-3-5-9-17/h3-5,8-9,14-16H,6-7,10-13H2,1-2H3,(H,21,24)(H,22,27)(H,25,26). The number of piperidine rings is 1. The van der Waals surface area contributed by atoms with Gasteiger partial charge in [-0.1, -0.05) is 32.0 Å². The van der Waals surface area contributed by atoms with Crippen molar-refractivity contribution in [1.82, 2.24) is 10.2 Å². The number of nitrogens with zero attached hydrogens (tertiary/aromatic N) is 1. The number of urea groups is 1. The molecule has 1 aliphatic heterocycles. The van der Waals surface area contributed by atoms with Gasteiger partial charge in [0.25, 0.3) is 0 Å². The molecule has 3 N–H and O–H groups in total. The number of hydrogen-bond acceptors (Lipinski definition) is 3. The molecule has 2 unspecified atom stereocenters. The molecule has 0 aliphatic carbocycles. The van der Waals surface area contributed by atoms with Gasteiger partial charge in [0, 0.05) is 25.3 Å². The average Bonchev–Trinajstić information content (AvgIpc) is 2.65. The van der Waals surface area contributed by atoms with E-state index >= 15 is 0 Å². The molecule has 2 atom stereocenters. The summed E-state index contributed by atoms with van der Waals surface area (Å²) in [5.41, 5.74) is 0.715. The van der Waals surface area contributed by atoms with Gasteiger partial charge in [0.05, 0.1) is 11.8 Å².